The van der Waals surface area contributed by atoms with Gasteiger partial charge in [0.15, 0.2) is 17.1 Å². The molecule has 0 unspecified atom stereocenters. The van der Waals surface area contributed by atoms with Crippen LogP contribution in [0.5, 0.6) is 5.75 Å². The molecule has 0 saturated heterocycles. The van der Waals surface area contributed by atoms with Crippen LogP contribution in [0.3, 0.4) is 0 Å². The first kappa shape index (κ1) is 11.4. The number of aromatic carboxylic acids is 1. The Balaban J connectivity index is 2.20. The summed E-state index contributed by atoms with van der Waals surface area (Å²) in [4.78, 5) is 11.0. The Bertz CT molecular complexity index is 782. The molecule has 5 nitrogen and oxygen atoms in total. The van der Waals surface area contributed by atoms with Crippen LogP contribution in [0.2, 0.25) is 0 Å². The number of hydrogen-bond donors (Lipinski definition) is 2. The molecule has 3 rings (SSSR count). The second-order valence-corrected chi connectivity index (χ2v) is 4.27. The lowest BCUT2D eigenvalue weighted by Crippen LogP contribution is -2.04. The van der Waals surface area contributed by atoms with Crippen LogP contribution in [0.1, 0.15) is 10.5 Å². The van der Waals surface area contributed by atoms with Crippen LogP contribution in [-0.4, -0.2) is 20.7 Å². The van der Waals surface area contributed by atoms with Gasteiger partial charge in [-0.3, -0.25) is 0 Å². The van der Waals surface area contributed by atoms with Crippen molar-refractivity contribution >= 4 is 16.9 Å². The van der Waals surface area contributed by atoms with Crippen molar-refractivity contribution in [3.63, 3.8) is 0 Å². The Kier molecular flexibility index (Phi) is 2.35. The number of carboxylic acids is 1. The van der Waals surface area contributed by atoms with E-state index in [1.165, 1.54) is 10.6 Å². The summed E-state index contributed by atoms with van der Waals surface area (Å²) in [5.74, 6) is -0.407. The van der Waals surface area contributed by atoms with E-state index in [0.717, 1.165) is 5.39 Å². The summed E-state index contributed by atoms with van der Waals surface area (Å²) < 4.78 is 7.13. The van der Waals surface area contributed by atoms with Gasteiger partial charge in [-0.2, -0.15) is 0 Å². The maximum Gasteiger partial charge on any atom is 0.352 e. The molecule has 2 N–H and O–H groups in total. The highest BCUT2D eigenvalue weighted by molar-refractivity contribution is 5.89. The Morgan fingerprint density at radius 1 is 1.26 bits per heavy atom. The van der Waals surface area contributed by atoms with Gasteiger partial charge in [-0.1, -0.05) is 12.1 Å². The predicted octanol–water partition coefficient (Wildman–Crippen LogP) is 2.84. The third-order valence-electron chi connectivity index (χ3n) is 3.12. The van der Waals surface area contributed by atoms with E-state index in [4.69, 9.17) is 9.52 Å². The number of hydrogen-bond acceptors (Lipinski definition) is 3. The third kappa shape index (κ3) is 1.67. The fourth-order valence-corrected chi connectivity index (χ4v) is 2.15. The number of carbonyl (C=O) groups is 1. The van der Waals surface area contributed by atoms with Crippen LogP contribution in [0.4, 0.5) is 0 Å². The van der Waals surface area contributed by atoms with Crippen molar-refractivity contribution in [1.82, 2.24) is 4.57 Å². The molecule has 0 aliphatic carbocycles. The van der Waals surface area contributed by atoms with Gasteiger partial charge in [0.05, 0.1) is 5.69 Å². The summed E-state index contributed by atoms with van der Waals surface area (Å²) in [5.41, 5.74) is 1.23. The van der Waals surface area contributed by atoms with Crippen LogP contribution in [0.25, 0.3) is 22.4 Å². The molecule has 0 aliphatic rings. The lowest BCUT2D eigenvalue weighted by molar-refractivity contribution is 0.0686. The number of phenolic OH excluding ortho intramolecular Hbond substituents is 1. The van der Waals surface area contributed by atoms with E-state index in [1.807, 2.05) is 6.07 Å². The first-order valence-corrected chi connectivity index (χ1v) is 5.69. The topological polar surface area (TPSA) is 75.6 Å². The summed E-state index contributed by atoms with van der Waals surface area (Å²) in [6.07, 6.45) is 0. The Hall–Kier alpha value is -2.69. The molecule has 3 aromatic rings. The normalized spacial score (nSPS) is 11.0. The summed E-state index contributed by atoms with van der Waals surface area (Å²) >= 11 is 0. The third-order valence-corrected chi connectivity index (χ3v) is 3.12. The number of furan rings is 1. The van der Waals surface area contributed by atoms with Crippen molar-refractivity contribution < 1.29 is 19.4 Å². The van der Waals surface area contributed by atoms with E-state index >= 15 is 0 Å². The maximum absolute atomic E-state index is 11.0. The Morgan fingerprint density at radius 2 is 2.05 bits per heavy atom. The number of nitrogens with zero attached hydrogens (tertiary/aromatic N) is 1. The number of fused-ring (bicyclic) bond motifs is 1. The maximum atomic E-state index is 11.0. The smallest absolute Gasteiger partial charge is 0.352 e. The second-order valence-electron chi connectivity index (χ2n) is 4.27. The molecular formula is C14H11NO4. The molecule has 0 saturated carbocycles. The standard InChI is InChI=1S/C14H11NO4/c1-15-9(5-6-10(15)14(17)18)12-7-8-3-2-4-11(16)13(8)19-12/h2-7,16H,1H3,(H,17,18). The number of rotatable bonds is 2. The molecule has 0 spiro atoms. The molecule has 0 bridgehead atoms. The lowest BCUT2D eigenvalue weighted by Gasteiger charge is -2.01. The van der Waals surface area contributed by atoms with Gasteiger partial charge in [0.1, 0.15) is 5.69 Å². The largest absolute Gasteiger partial charge is 0.504 e. The van der Waals surface area contributed by atoms with Crippen LogP contribution in [0, 0.1) is 0 Å². The van der Waals surface area contributed by atoms with Crippen molar-refractivity contribution in [2.45, 2.75) is 0 Å². The molecule has 1 aromatic carbocycles. The molecular weight excluding hydrogens is 246 g/mol. The highest BCUT2D eigenvalue weighted by Crippen LogP contribution is 2.33. The molecule has 0 atom stereocenters. The molecule has 19 heavy (non-hydrogen) atoms. The number of phenols is 1. The van der Waals surface area contributed by atoms with Crippen molar-refractivity contribution in [3.8, 4) is 17.2 Å². The minimum atomic E-state index is -0.993. The van der Waals surface area contributed by atoms with E-state index in [9.17, 15) is 9.90 Å². The van der Waals surface area contributed by atoms with Crippen molar-refractivity contribution in [2.75, 3.05) is 0 Å². The molecule has 0 fully saturated rings. The lowest BCUT2D eigenvalue weighted by atomic mass is 10.2. The summed E-state index contributed by atoms with van der Waals surface area (Å²) in [6.45, 7) is 0. The van der Waals surface area contributed by atoms with E-state index < -0.39 is 5.97 Å². The highest BCUT2D eigenvalue weighted by atomic mass is 16.4. The molecule has 0 amide bonds. The summed E-state index contributed by atoms with van der Waals surface area (Å²) in [5, 5.41) is 19.5. The van der Waals surface area contributed by atoms with Gasteiger partial charge in [0.2, 0.25) is 0 Å². The van der Waals surface area contributed by atoms with Gasteiger partial charge in [0, 0.05) is 12.4 Å². The average Bonchev–Trinajstić information content (AvgIpc) is 2.93. The minimum Gasteiger partial charge on any atom is -0.504 e. The van der Waals surface area contributed by atoms with Crippen molar-refractivity contribution in [1.29, 1.82) is 0 Å². The van der Waals surface area contributed by atoms with Gasteiger partial charge >= 0.3 is 5.97 Å². The number of aromatic nitrogens is 1. The average molecular weight is 257 g/mol. The summed E-state index contributed by atoms with van der Waals surface area (Å²) in [7, 11) is 1.66. The zero-order chi connectivity index (χ0) is 13.6. The fourth-order valence-electron chi connectivity index (χ4n) is 2.15. The van der Waals surface area contributed by atoms with Crippen LogP contribution >= 0.6 is 0 Å². The molecule has 96 valence electrons. The monoisotopic (exact) mass is 257 g/mol. The van der Waals surface area contributed by atoms with E-state index in [-0.39, 0.29) is 11.4 Å². The van der Waals surface area contributed by atoms with Crippen LogP contribution in [0.15, 0.2) is 40.8 Å². The number of carboxylic acid groups (broad SMARTS) is 1. The van der Waals surface area contributed by atoms with E-state index in [2.05, 4.69) is 0 Å². The van der Waals surface area contributed by atoms with Crippen LogP contribution < -0.4 is 0 Å². The quantitative estimate of drug-likeness (QED) is 0.740. The number of benzene rings is 1. The van der Waals surface area contributed by atoms with Gasteiger partial charge in [-0.05, 0) is 24.3 Å². The first-order valence-electron chi connectivity index (χ1n) is 5.69. The van der Waals surface area contributed by atoms with Crippen molar-refractivity contribution in [2.24, 2.45) is 7.05 Å². The first-order chi connectivity index (χ1) is 9.08. The summed E-state index contributed by atoms with van der Waals surface area (Å²) in [6, 6.07) is 10.1. The fraction of sp³-hybridized carbons (Fsp3) is 0.0714. The molecule has 2 aromatic heterocycles. The van der Waals surface area contributed by atoms with Gasteiger partial charge < -0.3 is 19.2 Å². The highest BCUT2D eigenvalue weighted by Gasteiger charge is 2.16. The number of para-hydroxylation sites is 1. The Labute approximate surface area is 108 Å². The predicted molar refractivity (Wildman–Crippen MR) is 69.2 cm³/mol. The molecule has 5 heteroatoms. The second kappa shape index (κ2) is 3.91. The molecule has 0 radical (unpaired) electrons. The SMILES string of the molecule is Cn1c(C(=O)O)ccc1-c1cc2cccc(O)c2o1. The van der Waals surface area contributed by atoms with Gasteiger partial charge in [-0.25, -0.2) is 4.79 Å². The van der Waals surface area contributed by atoms with Crippen molar-refractivity contribution in [3.05, 3.63) is 42.1 Å². The van der Waals surface area contributed by atoms with Gasteiger partial charge in [0.25, 0.3) is 0 Å². The minimum absolute atomic E-state index is 0.0661. The van der Waals surface area contributed by atoms with Gasteiger partial charge in [-0.15, -0.1) is 0 Å². The Morgan fingerprint density at radius 3 is 2.68 bits per heavy atom. The van der Waals surface area contributed by atoms with Crippen LogP contribution in [-0.2, 0) is 7.05 Å². The molecule has 0 aliphatic heterocycles. The zero-order valence-electron chi connectivity index (χ0n) is 10.1. The molecule has 2 heterocycles. The zero-order valence-corrected chi connectivity index (χ0v) is 10.1. The van der Waals surface area contributed by atoms with E-state index in [1.54, 1.807) is 31.3 Å². The number of aromatic hydroxyl groups is 1. The van der Waals surface area contributed by atoms with E-state index in [0.29, 0.717) is 17.0 Å².